The van der Waals surface area contributed by atoms with Gasteiger partial charge in [-0.25, -0.2) is 9.07 Å². The fraction of sp³-hybridized carbons (Fsp3) is 0.261. The van der Waals surface area contributed by atoms with E-state index in [9.17, 15) is 14.0 Å². The van der Waals surface area contributed by atoms with E-state index in [-0.39, 0.29) is 18.2 Å². The molecule has 0 fully saturated rings. The second-order valence-corrected chi connectivity index (χ2v) is 7.76. The van der Waals surface area contributed by atoms with Crippen LogP contribution < -0.4 is 10.2 Å². The number of nitrogens with one attached hydrogen (secondary N) is 1. The summed E-state index contributed by atoms with van der Waals surface area (Å²) in [7, 11) is 0. The molecule has 7 heteroatoms. The van der Waals surface area contributed by atoms with Crippen molar-refractivity contribution in [1.29, 1.82) is 0 Å². The van der Waals surface area contributed by atoms with Crippen molar-refractivity contribution in [1.82, 2.24) is 9.78 Å². The molecule has 0 radical (unpaired) electrons. The van der Waals surface area contributed by atoms with E-state index in [0.717, 1.165) is 24.1 Å². The van der Waals surface area contributed by atoms with Crippen molar-refractivity contribution in [2.24, 2.45) is 0 Å². The summed E-state index contributed by atoms with van der Waals surface area (Å²) in [4.78, 5) is 28.4. The zero-order valence-electron chi connectivity index (χ0n) is 16.6. The summed E-state index contributed by atoms with van der Waals surface area (Å²) in [5.74, 6) is -0.354. The molecule has 3 heterocycles. The summed E-state index contributed by atoms with van der Waals surface area (Å²) in [6, 6.07) is 13.6. The highest BCUT2D eigenvalue weighted by Gasteiger charge is 2.56. The number of nitrogens with zero attached hydrogens (tertiary/aromatic N) is 3. The first kappa shape index (κ1) is 18.5. The summed E-state index contributed by atoms with van der Waals surface area (Å²) < 4.78 is 15.3. The average Bonchev–Trinajstić information content (AvgIpc) is 3.26. The SMILES string of the molecule is CCCCN1C(=O)C2(CC(=O)Nc3c2cnn3-c2cccc(F)c2)c2ccccc21. The molecule has 30 heavy (non-hydrogen) atoms. The highest BCUT2D eigenvalue weighted by molar-refractivity contribution is 6.15. The molecule has 0 saturated heterocycles. The Hall–Kier alpha value is -3.48. The van der Waals surface area contributed by atoms with Crippen LogP contribution in [0.5, 0.6) is 0 Å². The minimum Gasteiger partial charge on any atom is -0.311 e. The first-order valence-corrected chi connectivity index (χ1v) is 10.1. The molecule has 1 atom stereocenters. The molecule has 1 aromatic heterocycles. The van der Waals surface area contributed by atoms with Crippen molar-refractivity contribution in [3.63, 3.8) is 0 Å². The first-order valence-electron chi connectivity index (χ1n) is 10.1. The van der Waals surface area contributed by atoms with Gasteiger partial charge in [0.2, 0.25) is 11.8 Å². The second kappa shape index (κ2) is 6.79. The third-order valence-electron chi connectivity index (χ3n) is 5.97. The predicted molar refractivity (Wildman–Crippen MR) is 111 cm³/mol. The highest BCUT2D eigenvalue weighted by Crippen LogP contribution is 2.52. The Balaban J connectivity index is 1.72. The molecule has 0 saturated carbocycles. The lowest BCUT2D eigenvalue weighted by Gasteiger charge is -2.32. The molecular formula is C23H21FN4O2. The molecule has 1 unspecified atom stereocenters. The summed E-state index contributed by atoms with van der Waals surface area (Å²) in [5.41, 5.74) is 1.67. The van der Waals surface area contributed by atoms with Gasteiger partial charge in [-0.2, -0.15) is 5.10 Å². The quantitative estimate of drug-likeness (QED) is 0.720. The maximum atomic E-state index is 13.8. The third-order valence-corrected chi connectivity index (χ3v) is 5.97. The van der Waals surface area contributed by atoms with Gasteiger partial charge in [0.15, 0.2) is 0 Å². The predicted octanol–water partition coefficient (Wildman–Crippen LogP) is 3.79. The van der Waals surface area contributed by atoms with Crippen molar-refractivity contribution < 1.29 is 14.0 Å². The number of unbranched alkanes of at least 4 members (excludes halogenated alkanes) is 1. The van der Waals surface area contributed by atoms with E-state index >= 15 is 0 Å². The van der Waals surface area contributed by atoms with Crippen molar-refractivity contribution in [3.05, 3.63) is 71.7 Å². The fourth-order valence-electron chi connectivity index (χ4n) is 4.59. The minimum atomic E-state index is -1.12. The molecular weight excluding hydrogens is 383 g/mol. The molecule has 0 bridgehead atoms. The van der Waals surface area contributed by atoms with E-state index in [1.54, 1.807) is 23.2 Å². The van der Waals surface area contributed by atoms with Gasteiger partial charge in [0.1, 0.15) is 17.1 Å². The molecule has 6 nitrogen and oxygen atoms in total. The van der Waals surface area contributed by atoms with Crippen LogP contribution in [0.25, 0.3) is 5.69 Å². The molecule has 2 aliphatic heterocycles. The number of benzene rings is 2. The average molecular weight is 404 g/mol. The molecule has 2 aliphatic rings. The second-order valence-electron chi connectivity index (χ2n) is 7.76. The number of carbonyl (C=O) groups is 2. The van der Waals surface area contributed by atoms with Crippen molar-refractivity contribution in [2.45, 2.75) is 31.6 Å². The van der Waals surface area contributed by atoms with Crippen molar-refractivity contribution >= 4 is 23.3 Å². The number of amides is 2. The van der Waals surface area contributed by atoms with E-state index in [1.165, 1.54) is 16.8 Å². The van der Waals surface area contributed by atoms with Gasteiger partial charge >= 0.3 is 0 Å². The topological polar surface area (TPSA) is 67.2 Å². The number of carbonyl (C=O) groups excluding carboxylic acids is 2. The monoisotopic (exact) mass is 404 g/mol. The zero-order valence-corrected chi connectivity index (χ0v) is 16.6. The number of fused-ring (bicyclic) bond motifs is 4. The largest absolute Gasteiger partial charge is 0.311 e. The number of hydrogen-bond donors (Lipinski definition) is 1. The third kappa shape index (κ3) is 2.51. The lowest BCUT2D eigenvalue weighted by atomic mass is 9.72. The summed E-state index contributed by atoms with van der Waals surface area (Å²) >= 11 is 0. The van der Waals surface area contributed by atoms with E-state index < -0.39 is 11.2 Å². The molecule has 3 aromatic rings. The normalized spacial score (nSPS) is 19.7. The van der Waals surface area contributed by atoms with E-state index in [1.807, 2.05) is 24.3 Å². The first-order chi connectivity index (χ1) is 14.6. The van der Waals surface area contributed by atoms with Crippen LogP contribution in [0.15, 0.2) is 54.7 Å². The Morgan fingerprint density at radius 1 is 1.13 bits per heavy atom. The van der Waals surface area contributed by atoms with Gasteiger partial charge in [0, 0.05) is 24.2 Å². The van der Waals surface area contributed by atoms with Crippen LogP contribution in [0, 0.1) is 5.82 Å². The Morgan fingerprint density at radius 3 is 2.77 bits per heavy atom. The van der Waals surface area contributed by atoms with Gasteiger partial charge in [-0.3, -0.25) is 9.59 Å². The maximum absolute atomic E-state index is 13.8. The zero-order chi connectivity index (χ0) is 20.9. The highest BCUT2D eigenvalue weighted by atomic mass is 19.1. The summed E-state index contributed by atoms with van der Waals surface area (Å²) in [6.07, 6.45) is 3.48. The van der Waals surface area contributed by atoms with Crippen LogP contribution in [0.1, 0.15) is 37.3 Å². The molecule has 2 amide bonds. The Labute approximate surface area is 173 Å². The maximum Gasteiger partial charge on any atom is 0.242 e. The fourth-order valence-corrected chi connectivity index (χ4v) is 4.59. The minimum absolute atomic E-state index is 0.0211. The number of halogens is 1. The van der Waals surface area contributed by atoms with Crippen LogP contribution in [0.3, 0.4) is 0 Å². The van der Waals surface area contributed by atoms with Gasteiger partial charge in [-0.05, 0) is 36.2 Å². The molecule has 5 rings (SSSR count). The van der Waals surface area contributed by atoms with Crippen LogP contribution in [-0.4, -0.2) is 28.1 Å². The van der Waals surface area contributed by atoms with Gasteiger partial charge < -0.3 is 10.2 Å². The van der Waals surface area contributed by atoms with Gasteiger partial charge in [-0.1, -0.05) is 37.6 Å². The lowest BCUT2D eigenvalue weighted by molar-refractivity contribution is -0.126. The van der Waals surface area contributed by atoms with Gasteiger partial charge in [0.25, 0.3) is 0 Å². The number of rotatable bonds is 4. The molecule has 1 spiro atoms. The molecule has 2 aromatic carbocycles. The molecule has 152 valence electrons. The number of aromatic nitrogens is 2. The van der Waals surface area contributed by atoms with E-state index in [4.69, 9.17) is 0 Å². The van der Waals surface area contributed by atoms with Crippen molar-refractivity contribution in [2.75, 3.05) is 16.8 Å². The molecule has 1 N–H and O–H groups in total. The van der Waals surface area contributed by atoms with Crippen LogP contribution in [0.4, 0.5) is 15.9 Å². The summed E-state index contributed by atoms with van der Waals surface area (Å²) in [6.45, 7) is 2.68. The standard InChI is InChI=1S/C23H21FN4O2/c1-2-3-11-27-19-10-5-4-9-17(19)23(22(27)30)13-20(29)26-21-18(23)14-25-28(21)16-8-6-7-15(24)12-16/h4-10,12,14H,2-3,11,13H2,1H3,(H,26,29). The number of para-hydroxylation sites is 1. The van der Waals surface area contributed by atoms with Crippen LogP contribution in [0.2, 0.25) is 0 Å². The Bertz CT molecular complexity index is 1170. The number of anilines is 2. The Kier molecular flexibility index (Phi) is 4.20. The van der Waals surface area contributed by atoms with Gasteiger partial charge in [-0.15, -0.1) is 0 Å². The van der Waals surface area contributed by atoms with Gasteiger partial charge in [0.05, 0.1) is 11.9 Å². The van der Waals surface area contributed by atoms with E-state index in [2.05, 4.69) is 17.3 Å². The number of hydrogen-bond acceptors (Lipinski definition) is 3. The van der Waals surface area contributed by atoms with Crippen LogP contribution in [-0.2, 0) is 15.0 Å². The molecule has 0 aliphatic carbocycles. The summed E-state index contributed by atoms with van der Waals surface area (Å²) in [5, 5.41) is 7.28. The van der Waals surface area contributed by atoms with Crippen LogP contribution >= 0.6 is 0 Å². The lowest BCUT2D eigenvalue weighted by Crippen LogP contribution is -2.46. The van der Waals surface area contributed by atoms with Crippen molar-refractivity contribution in [3.8, 4) is 5.69 Å². The smallest absolute Gasteiger partial charge is 0.242 e. The van der Waals surface area contributed by atoms with E-state index in [0.29, 0.717) is 23.6 Å². The Morgan fingerprint density at radius 2 is 1.97 bits per heavy atom.